The van der Waals surface area contributed by atoms with Crippen molar-refractivity contribution < 1.29 is 9.59 Å². The van der Waals surface area contributed by atoms with Gasteiger partial charge in [0.05, 0.1) is 6.54 Å². The zero-order valence-electron chi connectivity index (χ0n) is 17.9. The van der Waals surface area contributed by atoms with Crippen LogP contribution in [0.4, 0.5) is 0 Å². The third-order valence-electron chi connectivity index (χ3n) is 6.40. The Bertz CT molecular complexity index is 691. The predicted molar refractivity (Wildman–Crippen MR) is 116 cm³/mol. The Labute approximate surface area is 175 Å². The minimum Gasteiger partial charge on any atom is -0.342 e. The Kier molecular flexibility index (Phi) is 7.87. The Morgan fingerprint density at radius 3 is 2.41 bits per heavy atom. The van der Waals surface area contributed by atoms with E-state index in [1.165, 1.54) is 5.56 Å². The second-order valence-electron chi connectivity index (χ2n) is 8.20. The van der Waals surface area contributed by atoms with E-state index in [9.17, 15) is 9.59 Å². The smallest absolute Gasteiger partial charge is 0.236 e. The van der Waals surface area contributed by atoms with Crippen molar-refractivity contribution in [3.05, 3.63) is 48.0 Å². The van der Waals surface area contributed by atoms with Gasteiger partial charge in [-0.1, -0.05) is 42.5 Å². The fourth-order valence-electron chi connectivity index (χ4n) is 4.59. The van der Waals surface area contributed by atoms with E-state index in [2.05, 4.69) is 29.2 Å². The molecule has 29 heavy (non-hydrogen) atoms. The molecule has 0 N–H and O–H groups in total. The molecule has 2 amide bonds. The third kappa shape index (κ3) is 5.69. The number of amides is 2. The van der Waals surface area contributed by atoms with Crippen LogP contribution in [0, 0.1) is 11.8 Å². The molecule has 3 rings (SSSR count). The number of hydrogen-bond donors (Lipinski definition) is 0. The summed E-state index contributed by atoms with van der Waals surface area (Å²) in [6.07, 6.45) is 7.15. The van der Waals surface area contributed by atoms with E-state index in [0.717, 1.165) is 45.4 Å². The summed E-state index contributed by atoms with van der Waals surface area (Å²) < 4.78 is 0. The van der Waals surface area contributed by atoms with Gasteiger partial charge in [-0.2, -0.15) is 0 Å². The largest absolute Gasteiger partial charge is 0.342 e. The Balaban J connectivity index is 1.55. The van der Waals surface area contributed by atoms with Crippen LogP contribution in [-0.2, 0) is 16.1 Å². The molecule has 1 fully saturated rings. The maximum absolute atomic E-state index is 13.3. The van der Waals surface area contributed by atoms with Crippen LogP contribution in [0.5, 0.6) is 0 Å². The number of piperidine rings is 1. The number of carbonyl (C=O) groups is 2. The summed E-state index contributed by atoms with van der Waals surface area (Å²) >= 11 is 0. The van der Waals surface area contributed by atoms with Crippen molar-refractivity contribution in [2.45, 2.75) is 39.7 Å². The van der Waals surface area contributed by atoms with Gasteiger partial charge >= 0.3 is 0 Å². The van der Waals surface area contributed by atoms with Crippen LogP contribution in [0.1, 0.15) is 38.7 Å². The van der Waals surface area contributed by atoms with Crippen LogP contribution in [0.2, 0.25) is 0 Å². The fourth-order valence-corrected chi connectivity index (χ4v) is 4.59. The van der Waals surface area contributed by atoms with Gasteiger partial charge in [0.1, 0.15) is 0 Å². The lowest BCUT2D eigenvalue weighted by atomic mass is 9.81. The molecule has 0 bridgehead atoms. The molecule has 1 atom stereocenters. The van der Waals surface area contributed by atoms with E-state index >= 15 is 0 Å². The van der Waals surface area contributed by atoms with Gasteiger partial charge < -0.3 is 9.80 Å². The van der Waals surface area contributed by atoms with Crippen molar-refractivity contribution in [2.75, 3.05) is 39.3 Å². The predicted octanol–water partition coefficient (Wildman–Crippen LogP) is 3.17. The first-order valence-corrected chi connectivity index (χ1v) is 11.1. The minimum atomic E-state index is 0.0677. The number of benzene rings is 1. The molecular formula is C24H35N3O2. The van der Waals surface area contributed by atoms with Crippen molar-refractivity contribution >= 4 is 11.8 Å². The summed E-state index contributed by atoms with van der Waals surface area (Å²) in [5, 5.41) is 0. The van der Waals surface area contributed by atoms with Gasteiger partial charge in [-0.05, 0) is 57.7 Å². The Morgan fingerprint density at radius 2 is 1.76 bits per heavy atom. The normalized spacial score (nSPS) is 21.2. The van der Waals surface area contributed by atoms with Gasteiger partial charge in [-0.25, -0.2) is 0 Å². The van der Waals surface area contributed by atoms with Crippen LogP contribution in [0.3, 0.4) is 0 Å². The molecule has 0 spiro atoms. The molecule has 5 heteroatoms. The average molecular weight is 398 g/mol. The van der Waals surface area contributed by atoms with Gasteiger partial charge in [0.25, 0.3) is 0 Å². The van der Waals surface area contributed by atoms with Crippen molar-refractivity contribution in [2.24, 2.45) is 11.8 Å². The van der Waals surface area contributed by atoms with Gasteiger partial charge in [-0.15, -0.1) is 0 Å². The number of likely N-dealkylation sites (N-methyl/N-ethyl adjacent to an activating group) is 1. The molecule has 0 radical (unpaired) electrons. The molecule has 2 heterocycles. The first kappa shape index (κ1) is 21.6. The highest BCUT2D eigenvalue weighted by molar-refractivity contribution is 5.80. The van der Waals surface area contributed by atoms with E-state index < -0.39 is 0 Å². The number of likely N-dealkylation sites (tertiary alicyclic amines) is 1. The topological polar surface area (TPSA) is 43.9 Å². The summed E-state index contributed by atoms with van der Waals surface area (Å²) in [6, 6.07) is 10.2. The zero-order chi connectivity index (χ0) is 20.6. The van der Waals surface area contributed by atoms with Crippen LogP contribution in [0.15, 0.2) is 42.5 Å². The van der Waals surface area contributed by atoms with E-state index in [4.69, 9.17) is 0 Å². The second-order valence-corrected chi connectivity index (χ2v) is 8.20. The highest BCUT2D eigenvalue weighted by Gasteiger charge is 2.34. The lowest BCUT2D eigenvalue weighted by molar-refractivity contribution is -0.138. The minimum absolute atomic E-state index is 0.0677. The average Bonchev–Trinajstić information content (AvgIpc) is 2.92. The van der Waals surface area contributed by atoms with Crippen molar-refractivity contribution in [3.63, 3.8) is 0 Å². The first-order chi connectivity index (χ1) is 14.1. The lowest BCUT2D eigenvalue weighted by Gasteiger charge is -2.36. The summed E-state index contributed by atoms with van der Waals surface area (Å²) in [5.74, 6) is 0.980. The van der Waals surface area contributed by atoms with E-state index in [1.807, 2.05) is 41.8 Å². The van der Waals surface area contributed by atoms with E-state index in [0.29, 0.717) is 25.6 Å². The molecule has 1 aromatic rings. The fraction of sp³-hybridized carbons (Fsp3) is 0.583. The summed E-state index contributed by atoms with van der Waals surface area (Å²) in [6.45, 7) is 9.29. The molecule has 1 saturated heterocycles. The highest BCUT2D eigenvalue weighted by Crippen LogP contribution is 2.31. The van der Waals surface area contributed by atoms with Gasteiger partial charge in [0.15, 0.2) is 0 Å². The first-order valence-electron chi connectivity index (χ1n) is 11.1. The molecule has 0 aliphatic carbocycles. The summed E-state index contributed by atoms with van der Waals surface area (Å²) in [7, 11) is 0. The van der Waals surface area contributed by atoms with E-state index in [-0.39, 0.29) is 17.7 Å². The van der Waals surface area contributed by atoms with Crippen LogP contribution < -0.4 is 0 Å². The van der Waals surface area contributed by atoms with Crippen LogP contribution in [0.25, 0.3) is 0 Å². The second kappa shape index (κ2) is 10.6. The summed E-state index contributed by atoms with van der Waals surface area (Å²) in [5.41, 5.74) is 1.18. The van der Waals surface area contributed by atoms with Crippen molar-refractivity contribution in [1.82, 2.24) is 14.7 Å². The molecule has 2 aliphatic rings. The monoisotopic (exact) mass is 397 g/mol. The third-order valence-corrected chi connectivity index (χ3v) is 6.40. The SMILES string of the molecule is CCN(CC)C(=O)CN1CCC([C@H]2CC=CCN(Cc3ccccc3)C2=O)CC1. The van der Waals surface area contributed by atoms with Crippen LogP contribution >= 0.6 is 0 Å². The molecule has 2 aliphatic heterocycles. The Morgan fingerprint density at radius 1 is 1.07 bits per heavy atom. The number of rotatable bonds is 7. The molecule has 0 unspecified atom stereocenters. The van der Waals surface area contributed by atoms with E-state index in [1.54, 1.807) is 0 Å². The van der Waals surface area contributed by atoms with Gasteiger partial charge in [0.2, 0.25) is 11.8 Å². The number of carbonyl (C=O) groups excluding carboxylic acids is 2. The summed E-state index contributed by atoms with van der Waals surface area (Å²) in [4.78, 5) is 31.8. The molecule has 0 saturated carbocycles. The standard InChI is InChI=1S/C24H35N3O2/c1-3-26(4-2)23(28)19-25-16-13-21(14-17-25)22-12-8-9-15-27(24(22)29)18-20-10-6-5-7-11-20/h5-11,21-22H,3-4,12-19H2,1-2H3/t22-/m1/s1. The zero-order valence-corrected chi connectivity index (χ0v) is 17.9. The molecule has 1 aromatic carbocycles. The number of nitrogens with zero attached hydrogens (tertiary/aromatic N) is 3. The highest BCUT2D eigenvalue weighted by atomic mass is 16.2. The van der Waals surface area contributed by atoms with Crippen molar-refractivity contribution in [1.29, 1.82) is 0 Å². The molecule has 5 nitrogen and oxygen atoms in total. The molecular weight excluding hydrogens is 362 g/mol. The maximum atomic E-state index is 13.3. The Hall–Kier alpha value is -2.14. The van der Waals surface area contributed by atoms with Gasteiger partial charge in [-0.3, -0.25) is 14.5 Å². The molecule has 158 valence electrons. The van der Waals surface area contributed by atoms with Crippen molar-refractivity contribution in [3.8, 4) is 0 Å². The molecule has 0 aromatic heterocycles. The van der Waals surface area contributed by atoms with Gasteiger partial charge in [0, 0.05) is 32.1 Å². The lowest BCUT2D eigenvalue weighted by Crippen LogP contribution is -2.46. The maximum Gasteiger partial charge on any atom is 0.236 e. The number of hydrogen-bond acceptors (Lipinski definition) is 3. The quantitative estimate of drug-likeness (QED) is 0.664. The number of allylic oxidation sites excluding steroid dienone is 1. The van der Waals surface area contributed by atoms with Crippen LogP contribution in [-0.4, -0.2) is 65.8 Å².